The molecule has 0 fully saturated rings. The first kappa shape index (κ1) is 17.4. The number of carbonyl (C=O) groups excluding carboxylic acids is 1. The molecule has 0 aliphatic heterocycles. The Morgan fingerprint density at radius 1 is 1.48 bits per heavy atom. The Labute approximate surface area is 129 Å². The Bertz CT molecular complexity index is 508. The maximum atomic E-state index is 12.2. The minimum atomic E-state index is -0.920. The second kappa shape index (κ2) is 6.89. The monoisotopic (exact) mass is 313 g/mol. The van der Waals surface area contributed by atoms with E-state index in [-0.39, 0.29) is 17.9 Å². The number of aromatic nitrogens is 1. The first-order valence-electron chi connectivity index (χ1n) is 6.73. The van der Waals surface area contributed by atoms with E-state index in [1.807, 2.05) is 27.7 Å². The summed E-state index contributed by atoms with van der Waals surface area (Å²) in [5.74, 6) is -0.920. The molecule has 0 radical (unpaired) electrons. The van der Waals surface area contributed by atoms with Crippen molar-refractivity contribution in [2.45, 2.75) is 46.7 Å². The van der Waals surface area contributed by atoms with Gasteiger partial charge in [-0.25, -0.2) is 9.78 Å². The van der Waals surface area contributed by atoms with Crippen molar-refractivity contribution in [1.29, 1.82) is 0 Å². The minimum absolute atomic E-state index is 0.0946. The molecule has 0 bridgehead atoms. The number of carboxylic acids is 1. The number of hydrogen-bond acceptors (Lipinski definition) is 4. The number of nitrogens with zero attached hydrogens (tertiary/aromatic N) is 2. The number of urea groups is 1. The number of carbonyl (C=O) groups is 2. The van der Waals surface area contributed by atoms with Crippen LogP contribution in [-0.2, 0) is 11.3 Å². The Kier molecular flexibility index (Phi) is 5.71. The highest BCUT2D eigenvalue weighted by molar-refractivity contribution is 7.09. The standard InChI is InChI=1S/C14H23N3O3S/c1-9-10(21-8-15-9)7-17(5)13(20)16-11(6-12(18)19)14(2,3)4/h8,11H,6-7H2,1-5H3,(H,16,20)(H,18,19). The van der Waals surface area contributed by atoms with E-state index in [4.69, 9.17) is 5.11 Å². The van der Waals surface area contributed by atoms with Crippen LogP contribution in [0.1, 0.15) is 37.8 Å². The van der Waals surface area contributed by atoms with Gasteiger partial charge >= 0.3 is 12.0 Å². The van der Waals surface area contributed by atoms with Gasteiger partial charge in [0.15, 0.2) is 0 Å². The summed E-state index contributed by atoms with van der Waals surface area (Å²) in [6.07, 6.45) is -0.0946. The number of amides is 2. The summed E-state index contributed by atoms with van der Waals surface area (Å²) in [5.41, 5.74) is 2.34. The molecule has 6 nitrogen and oxygen atoms in total. The maximum Gasteiger partial charge on any atom is 0.317 e. The van der Waals surface area contributed by atoms with Gasteiger partial charge in [0.05, 0.1) is 24.2 Å². The van der Waals surface area contributed by atoms with Gasteiger partial charge in [-0.05, 0) is 12.3 Å². The predicted molar refractivity (Wildman–Crippen MR) is 82.3 cm³/mol. The molecular weight excluding hydrogens is 290 g/mol. The van der Waals surface area contributed by atoms with Gasteiger partial charge in [0, 0.05) is 18.0 Å². The fourth-order valence-corrected chi connectivity index (χ4v) is 2.60. The van der Waals surface area contributed by atoms with Crippen molar-refractivity contribution in [2.24, 2.45) is 5.41 Å². The molecule has 0 aromatic carbocycles. The molecule has 1 aromatic rings. The van der Waals surface area contributed by atoms with E-state index >= 15 is 0 Å². The topological polar surface area (TPSA) is 82.5 Å². The molecule has 0 saturated heterocycles. The molecule has 1 heterocycles. The lowest BCUT2D eigenvalue weighted by Gasteiger charge is -2.32. The average molecular weight is 313 g/mol. The maximum absolute atomic E-state index is 12.2. The molecular formula is C14H23N3O3S. The zero-order valence-electron chi connectivity index (χ0n) is 13.1. The van der Waals surface area contributed by atoms with Crippen molar-refractivity contribution in [2.75, 3.05) is 7.05 Å². The highest BCUT2D eigenvalue weighted by atomic mass is 32.1. The number of thiazole rings is 1. The van der Waals surface area contributed by atoms with Gasteiger partial charge in [-0.15, -0.1) is 11.3 Å². The van der Waals surface area contributed by atoms with Crippen LogP contribution in [0.25, 0.3) is 0 Å². The van der Waals surface area contributed by atoms with E-state index in [1.165, 1.54) is 11.3 Å². The van der Waals surface area contributed by atoms with Crippen LogP contribution < -0.4 is 5.32 Å². The minimum Gasteiger partial charge on any atom is -0.481 e. The number of nitrogens with one attached hydrogen (secondary N) is 1. The highest BCUT2D eigenvalue weighted by Crippen LogP contribution is 2.22. The normalized spacial score (nSPS) is 12.8. The van der Waals surface area contributed by atoms with Crippen LogP contribution in [-0.4, -0.2) is 40.1 Å². The van der Waals surface area contributed by atoms with Gasteiger partial charge in [0.1, 0.15) is 0 Å². The Morgan fingerprint density at radius 2 is 2.10 bits per heavy atom. The Hall–Kier alpha value is -1.63. The molecule has 0 spiro atoms. The lowest BCUT2D eigenvalue weighted by Crippen LogP contribution is -2.49. The molecule has 1 aromatic heterocycles. The molecule has 1 atom stereocenters. The third-order valence-corrected chi connectivity index (χ3v) is 4.21. The van der Waals surface area contributed by atoms with Gasteiger partial charge in [-0.1, -0.05) is 20.8 Å². The van der Waals surface area contributed by atoms with Gasteiger partial charge in [-0.2, -0.15) is 0 Å². The van der Waals surface area contributed by atoms with Crippen LogP contribution in [0.15, 0.2) is 5.51 Å². The first-order valence-corrected chi connectivity index (χ1v) is 7.61. The van der Waals surface area contributed by atoms with E-state index in [2.05, 4.69) is 10.3 Å². The number of rotatable bonds is 5. The van der Waals surface area contributed by atoms with Crippen molar-refractivity contribution in [3.63, 3.8) is 0 Å². The highest BCUT2D eigenvalue weighted by Gasteiger charge is 2.29. The second-order valence-corrected chi connectivity index (χ2v) is 7.12. The molecule has 118 valence electrons. The molecule has 2 N–H and O–H groups in total. The molecule has 7 heteroatoms. The lowest BCUT2D eigenvalue weighted by molar-refractivity contribution is -0.138. The predicted octanol–water partition coefficient (Wildman–Crippen LogP) is 2.48. The fraction of sp³-hybridized carbons (Fsp3) is 0.643. The summed E-state index contributed by atoms with van der Waals surface area (Å²) in [7, 11) is 1.69. The van der Waals surface area contributed by atoms with Crippen molar-refractivity contribution < 1.29 is 14.7 Å². The van der Waals surface area contributed by atoms with Crippen molar-refractivity contribution in [3.05, 3.63) is 16.1 Å². The third-order valence-electron chi connectivity index (χ3n) is 3.29. The summed E-state index contributed by atoms with van der Waals surface area (Å²) in [5, 5.41) is 11.8. The zero-order valence-corrected chi connectivity index (χ0v) is 14.0. The second-order valence-electron chi connectivity index (χ2n) is 6.18. The molecule has 0 aliphatic rings. The van der Waals surface area contributed by atoms with Crippen LogP contribution in [0.2, 0.25) is 0 Å². The molecule has 1 rings (SSSR count). The molecule has 0 aliphatic carbocycles. The van der Waals surface area contributed by atoms with Gasteiger partial charge in [0.2, 0.25) is 0 Å². The summed E-state index contributed by atoms with van der Waals surface area (Å²) < 4.78 is 0. The molecule has 1 unspecified atom stereocenters. The SMILES string of the molecule is Cc1ncsc1CN(C)C(=O)NC(CC(=O)O)C(C)(C)C. The molecule has 21 heavy (non-hydrogen) atoms. The zero-order chi connectivity index (χ0) is 16.2. The van der Waals surface area contributed by atoms with Gasteiger partial charge < -0.3 is 15.3 Å². The number of aliphatic carboxylic acids is 1. The third kappa shape index (κ3) is 5.34. The smallest absolute Gasteiger partial charge is 0.317 e. The van der Waals surface area contributed by atoms with E-state index in [0.717, 1.165) is 10.6 Å². The summed E-state index contributed by atoms with van der Waals surface area (Å²) in [6, 6.07) is -0.698. The van der Waals surface area contributed by atoms with Crippen molar-refractivity contribution in [3.8, 4) is 0 Å². The number of aryl methyl sites for hydroxylation is 1. The summed E-state index contributed by atoms with van der Waals surface area (Å²) >= 11 is 1.50. The Morgan fingerprint density at radius 3 is 2.52 bits per heavy atom. The van der Waals surface area contributed by atoms with Gasteiger partial charge in [-0.3, -0.25) is 4.79 Å². The Balaban J connectivity index is 2.68. The molecule has 0 saturated carbocycles. The largest absolute Gasteiger partial charge is 0.481 e. The van der Waals surface area contributed by atoms with Crippen molar-refractivity contribution >= 4 is 23.3 Å². The van der Waals surface area contributed by atoms with Crippen LogP contribution in [0.3, 0.4) is 0 Å². The first-order chi connectivity index (χ1) is 9.61. The van der Waals surface area contributed by atoms with Crippen LogP contribution in [0.4, 0.5) is 4.79 Å². The van der Waals surface area contributed by atoms with E-state index in [9.17, 15) is 9.59 Å². The summed E-state index contributed by atoms with van der Waals surface area (Å²) in [6.45, 7) is 8.10. The van der Waals surface area contributed by atoms with E-state index in [0.29, 0.717) is 6.54 Å². The average Bonchev–Trinajstić information content (AvgIpc) is 2.72. The van der Waals surface area contributed by atoms with E-state index < -0.39 is 12.0 Å². The number of carboxylic acid groups (broad SMARTS) is 1. The molecule has 2 amide bonds. The van der Waals surface area contributed by atoms with Crippen molar-refractivity contribution in [1.82, 2.24) is 15.2 Å². The summed E-state index contributed by atoms with van der Waals surface area (Å²) in [4.78, 5) is 29.9. The van der Waals surface area contributed by atoms with E-state index in [1.54, 1.807) is 17.5 Å². The van der Waals surface area contributed by atoms with Crippen LogP contribution in [0.5, 0.6) is 0 Å². The number of hydrogen-bond donors (Lipinski definition) is 2. The quantitative estimate of drug-likeness (QED) is 0.875. The van der Waals surface area contributed by atoms with Crippen LogP contribution in [0, 0.1) is 12.3 Å². The lowest BCUT2D eigenvalue weighted by atomic mass is 9.85. The van der Waals surface area contributed by atoms with Crippen LogP contribution >= 0.6 is 11.3 Å². The fourth-order valence-electron chi connectivity index (χ4n) is 1.77. The van der Waals surface area contributed by atoms with Gasteiger partial charge in [0.25, 0.3) is 0 Å².